The Morgan fingerprint density at radius 2 is 1.89 bits per heavy atom. The molecule has 1 aromatic carbocycles. The van der Waals surface area contributed by atoms with E-state index in [9.17, 15) is 4.79 Å². The highest BCUT2D eigenvalue weighted by molar-refractivity contribution is 5.94. The van der Waals surface area contributed by atoms with Crippen LogP contribution in [0.5, 0.6) is 0 Å². The van der Waals surface area contributed by atoms with Crippen molar-refractivity contribution >= 4 is 5.91 Å². The van der Waals surface area contributed by atoms with Crippen LogP contribution in [-0.2, 0) is 10.2 Å². The summed E-state index contributed by atoms with van der Waals surface area (Å²) in [4.78, 5) is 14.2. The zero-order valence-electron chi connectivity index (χ0n) is 12.3. The Hall–Kier alpha value is -1.35. The van der Waals surface area contributed by atoms with Crippen molar-refractivity contribution in [1.82, 2.24) is 4.90 Å². The zero-order chi connectivity index (χ0) is 14.0. The number of rotatable bonds is 1. The highest BCUT2D eigenvalue weighted by Crippen LogP contribution is 2.23. The molecular formula is C16H23NO2. The van der Waals surface area contributed by atoms with Crippen LogP contribution in [0.4, 0.5) is 0 Å². The van der Waals surface area contributed by atoms with Crippen LogP contribution in [0.2, 0.25) is 0 Å². The summed E-state index contributed by atoms with van der Waals surface area (Å²) in [6.45, 7) is 9.97. The molecule has 0 aliphatic carbocycles. The smallest absolute Gasteiger partial charge is 0.255 e. The van der Waals surface area contributed by atoms with Crippen LogP contribution in [0.3, 0.4) is 0 Å². The molecule has 0 spiro atoms. The van der Waals surface area contributed by atoms with E-state index in [2.05, 4.69) is 20.8 Å². The third kappa shape index (κ3) is 3.16. The Morgan fingerprint density at radius 3 is 2.42 bits per heavy atom. The van der Waals surface area contributed by atoms with Gasteiger partial charge in [0.05, 0.1) is 6.61 Å². The van der Waals surface area contributed by atoms with E-state index < -0.39 is 0 Å². The van der Waals surface area contributed by atoms with Gasteiger partial charge < -0.3 is 9.64 Å². The van der Waals surface area contributed by atoms with Crippen molar-refractivity contribution in [3.8, 4) is 0 Å². The van der Waals surface area contributed by atoms with Gasteiger partial charge in [0.1, 0.15) is 6.23 Å². The lowest BCUT2D eigenvalue weighted by atomic mass is 9.86. The second-order valence-electron chi connectivity index (χ2n) is 6.15. The standard InChI is InChI=1S/C16H23NO2/c1-12-17(10-5-11-19-12)15(18)13-6-8-14(9-7-13)16(2,3)4/h6-9,12H,5,10-11H2,1-4H3. The predicted molar refractivity (Wildman–Crippen MR) is 76.2 cm³/mol. The van der Waals surface area contributed by atoms with E-state index in [1.54, 1.807) is 4.90 Å². The number of carbonyl (C=O) groups is 1. The van der Waals surface area contributed by atoms with Crippen molar-refractivity contribution in [2.45, 2.75) is 45.8 Å². The summed E-state index contributed by atoms with van der Waals surface area (Å²) < 4.78 is 5.52. The fourth-order valence-electron chi connectivity index (χ4n) is 2.31. The molecule has 1 aliphatic heterocycles. The molecule has 1 fully saturated rings. The van der Waals surface area contributed by atoms with Gasteiger partial charge in [-0.3, -0.25) is 4.79 Å². The minimum absolute atomic E-state index is 0.0626. The Kier molecular flexibility index (Phi) is 3.95. The van der Waals surface area contributed by atoms with Crippen molar-refractivity contribution in [1.29, 1.82) is 0 Å². The molecule has 0 N–H and O–H groups in total. The van der Waals surface area contributed by atoms with Crippen LogP contribution in [0, 0.1) is 0 Å². The summed E-state index contributed by atoms with van der Waals surface area (Å²) >= 11 is 0. The molecule has 1 saturated heterocycles. The third-order valence-electron chi connectivity index (χ3n) is 3.60. The first-order valence-electron chi connectivity index (χ1n) is 6.93. The van der Waals surface area contributed by atoms with E-state index in [0.29, 0.717) is 0 Å². The van der Waals surface area contributed by atoms with Gasteiger partial charge in [-0.15, -0.1) is 0 Å². The number of hydrogen-bond donors (Lipinski definition) is 0. The lowest BCUT2D eigenvalue weighted by Gasteiger charge is -2.33. The molecule has 0 saturated carbocycles. The van der Waals surface area contributed by atoms with E-state index in [4.69, 9.17) is 4.74 Å². The average Bonchev–Trinajstić information content (AvgIpc) is 2.38. The molecule has 2 rings (SSSR count). The Bertz CT molecular complexity index is 445. The largest absolute Gasteiger partial charge is 0.359 e. The Morgan fingerprint density at radius 1 is 1.26 bits per heavy atom. The van der Waals surface area contributed by atoms with Crippen LogP contribution in [0.15, 0.2) is 24.3 Å². The monoisotopic (exact) mass is 261 g/mol. The first kappa shape index (κ1) is 14.1. The van der Waals surface area contributed by atoms with Gasteiger partial charge >= 0.3 is 0 Å². The fourth-order valence-corrected chi connectivity index (χ4v) is 2.31. The summed E-state index contributed by atoms with van der Waals surface area (Å²) in [5.41, 5.74) is 2.10. The highest BCUT2D eigenvalue weighted by Gasteiger charge is 2.25. The van der Waals surface area contributed by atoms with Crippen LogP contribution in [0.1, 0.15) is 50.0 Å². The second kappa shape index (κ2) is 5.33. The van der Waals surface area contributed by atoms with Crippen LogP contribution < -0.4 is 0 Å². The fraction of sp³-hybridized carbons (Fsp3) is 0.562. The second-order valence-corrected chi connectivity index (χ2v) is 6.15. The quantitative estimate of drug-likeness (QED) is 0.777. The summed E-state index contributed by atoms with van der Waals surface area (Å²) in [7, 11) is 0. The first-order valence-corrected chi connectivity index (χ1v) is 6.93. The van der Waals surface area contributed by atoms with Crippen LogP contribution in [0.25, 0.3) is 0 Å². The molecule has 1 aromatic rings. The first-order chi connectivity index (χ1) is 8.89. The van der Waals surface area contributed by atoms with E-state index in [1.165, 1.54) is 5.56 Å². The molecule has 0 radical (unpaired) electrons. The molecule has 104 valence electrons. The lowest BCUT2D eigenvalue weighted by molar-refractivity contribution is -0.0661. The van der Waals surface area contributed by atoms with Crippen molar-refractivity contribution < 1.29 is 9.53 Å². The third-order valence-corrected chi connectivity index (χ3v) is 3.60. The maximum atomic E-state index is 12.4. The molecule has 3 nitrogen and oxygen atoms in total. The molecule has 0 aromatic heterocycles. The van der Waals surface area contributed by atoms with Gasteiger partial charge in [-0.2, -0.15) is 0 Å². The number of carbonyl (C=O) groups excluding carboxylic acids is 1. The summed E-state index contributed by atoms with van der Waals surface area (Å²) in [5.74, 6) is 0.0626. The minimum Gasteiger partial charge on any atom is -0.359 e. The van der Waals surface area contributed by atoms with Crippen molar-refractivity contribution in [3.63, 3.8) is 0 Å². The van der Waals surface area contributed by atoms with E-state index in [1.807, 2.05) is 31.2 Å². The zero-order valence-corrected chi connectivity index (χ0v) is 12.3. The average molecular weight is 261 g/mol. The molecule has 1 atom stereocenters. The van der Waals surface area contributed by atoms with Crippen molar-refractivity contribution in [3.05, 3.63) is 35.4 Å². The van der Waals surface area contributed by atoms with E-state index in [0.717, 1.165) is 25.1 Å². The predicted octanol–water partition coefficient (Wildman–Crippen LogP) is 3.19. The molecule has 1 unspecified atom stereocenters. The molecular weight excluding hydrogens is 238 g/mol. The number of benzene rings is 1. The van der Waals surface area contributed by atoms with E-state index >= 15 is 0 Å². The molecule has 3 heteroatoms. The van der Waals surface area contributed by atoms with Crippen molar-refractivity contribution in [2.75, 3.05) is 13.2 Å². The summed E-state index contributed by atoms with van der Waals surface area (Å²) in [5, 5.41) is 0. The normalized spacial score (nSPS) is 20.4. The van der Waals surface area contributed by atoms with Gasteiger partial charge in [-0.1, -0.05) is 32.9 Å². The van der Waals surface area contributed by atoms with E-state index in [-0.39, 0.29) is 17.6 Å². The maximum Gasteiger partial charge on any atom is 0.255 e. The van der Waals surface area contributed by atoms with Gasteiger partial charge in [0, 0.05) is 12.1 Å². The molecule has 1 heterocycles. The number of ether oxygens (including phenoxy) is 1. The van der Waals surface area contributed by atoms with Crippen LogP contribution in [-0.4, -0.2) is 30.2 Å². The maximum absolute atomic E-state index is 12.4. The molecule has 1 aliphatic rings. The number of hydrogen-bond acceptors (Lipinski definition) is 2. The Balaban J connectivity index is 2.15. The summed E-state index contributed by atoms with van der Waals surface area (Å²) in [6, 6.07) is 7.93. The minimum atomic E-state index is -0.122. The lowest BCUT2D eigenvalue weighted by Crippen LogP contribution is -2.44. The number of amides is 1. The summed E-state index contributed by atoms with van der Waals surface area (Å²) in [6.07, 6.45) is 0.791. The Labute approximate surface area is 115 Å². The van der Waals surface area contributed by atoms with Crippen molar-refractivity contribution in [2.24, 2.45) is 0 Å². The SMILES string of the molecule is CC1OCCCN1C(=O)c1ccc(C(C)(C)C)cc1. The molecule has 19 heavy (non-hydrogen) atoms. The molecule has 0 bridgehead atoms. The van der Waals surface area contributed by atoms with Gasteiger partial charge in [-0.05, 0) is 36.5 Å². The topological polar surface area (TPSA) is 29.5 Å². The van der Waals surface area contributed by atoms with Gasteiger partial charge in [0.2, 0.25) is 0 Å². The van der Waals surface area contributed by atoms with Crippen LogP contribution >= 0.6 is 0 Å². The highest BCUT2D eigenvalue weighted by atomic mass is 16.5. The van der Waals surface area contributed by atoms with Gasteiger partial charge in [0.15, 0.2) is 0 Å². The van der Waals surface area contributed by atoms with Gasteiger partial charge in [-0.25, -0.2) is 0 Å². The number of nitrogens with zero attached hydrogens (tertiary/aromatic N) is 1. The molecule has 1 amide bonds. The van der Waals surface area contributed by atoms with Gasteiger partial charge in [0.25, 0.3) is 5.91 Å².